The van der Waals surface area contributed by atoms with Gasteiger partial charge in [-0.05, 0) is 13.8 Å². The summed E-state index contributed by atoms with van der Waals surface area (Å²) >= 11 is 0. The van der Waals surface area contributed by atoms with Crippen molar-refractivity contribution in [2.75, 3.05) is 33.8 Å². The Hall–Kier alpha value is -0.610. The van der Waals surface area contributed by atoms with E-state index in [4.69, 9.17) is 4.74 Å². The van der Waals surface area contributed by atoms with Crippen molar-refractivity contribution >= 4 is 5.91 Å². The van der Waals surface area contributed by atoms with Gasteiger partial charge in [0.2, 0.25) is 5.91 Å². The average molecular weight is 202 g/mol. The molecule has 0 aliphatic heterocycles. The molecule has 1 N–H and O–H groups in total. The van der Waals surface area contributed by atoms with Gasteiger partial charge in [-0.2, -0.15) is 0 Å². The van der Waals surface area contributed by atoms with E-state index >= 15 is 0 Å². The van der Waals surface area contributed by atoms with E-state index in [9.17, 15) is 4.79 Å². The van der Waals surface area contributed by atoms with Gasteiger partial charge in [0.05, 0.1) is 12.7 Å². The summed E-state index contributed by atoms with van der Waals surface area (Å²) in [5, 5.41) is 3.15. The summed E-state index contributed by atoms with van der Waals surface area (Å²) in [4.78, 5) is 12.7. The molecule has 0 bridgehead atoms. The molecule has 14 heavy (non-hydrogen) atoms. The van der Waals surface area contributed by atoms with Crippen LogP contribution in [0.1, 0.15) is 20.3 Å². The summed E-state index contributed by atoms with van der Waals surface area (Å²) in [5.41, 5.74) is 0. The zero-order valence-electron chi connectivity index (χ0n) is 9.67. The number of nitrogens with one attached hydrogen (secondary N) is 1. The second kappa shape index (κ2) is 7.76. The lowest BCUT2D eigenvalue weighted by Gasteiger charge is -2.11. The van der Waals surface area contributed by atoms with E-state index in [1.807, 2.05) is 13.8 Å². The lowest BCUT2D eigenvalue weighted by Crippen LogP contribution is -2.28. The Balaban J connectivity index is 3.18. The zero-order valence-corrected chi connectivity index (χ0v) is 9.67. The normalized spacial score (nSPS) is 10.6. The van der Waals surface area contributed by atoms with Crippen LogP contribution >= 0.6 is 0 Å². The van der Waals surface area contributed by atoms with Crippen LogP contribution in [0.2, 0.25) is 0 Å². The van der Waals surface area contributed by atoms with Crippen molar-refractivity contribution < 1.29 is 9.53 Å². The summed E-state index contributed by atoms with van der Waals surface area (Å²) in [6.45, 7) is 6.25. The van der Waals surface area contributed by atoms with E-state index in [2.05, 4.69) is 5.32 Å². The predicted octanol–water partition coefficient (Wildman–Crippen LogP) is 0.479. The highest BCUT2D eigenvalue weighted by Crippen LogP contribution is 1.86. The molecule has 0 atom stereocenters. The Morgan fingerprint density at radius 2 is 2.00 bits per heavy atom. The maximum atomic E-state index is 11.1. The number of ether oxygens (including phenoxy) is 1. The molecule has 4 heteroatoms. The van der Waals surface area contributed by atoms with Crippen LogP contribution in [-0.2, 0) is 9.53 Å². The molecule has 4 nitrogen and oxygen atoms in total. The number of nitrogens with zero attached hydrogens (tertiary/aromatic N) is 1. The molecule has 0 aliphatic carbocycles. The van der Waals surface area contributed by atoms with Crippen LogP contribution in [0.5, 0.6) is 0 Å². The smallest absolute Gasteiger partial charge is 0.223 e. The van der Waals surface area contributed by atoms with Crippen molar-refractivity contribution in [2.24, 2.45) is 0 Å². The molecule has 0 aromatic carbocycles. The Morgan fingerprint density at radius 3 is 2.50 bits per heavy atom. The first-order valence-corrected chi connectivity index (χ1v) is 5.06. The van der Waals surface area contributed by atoms with Gasteiger partial charge in [0.25, 0.3) is 0 Å². The van der Waals surface area contributed by atoms with Crippen LogP contribution < -0.4 is 5.32 Å². The molecule has 0 saturated carbocycles. The minimum absolute atomic E-state index is 0.155. The Morgan fingerprint density at radius 1 is 1.36 bits per heavy atom. The molecule has 0 rings (SSSR count). The third-order valence-electron chi connectivity index (χ3n) is 1.74. The maximum absolute atomic E-state index is 11.1. The first-order valence-electron chi connectivity index (χ1n) is 5.06. The minimum atomic E-state index is 0.155. The van der Waals surface area contributed by atoms with Gasteiger partial charge in [-0.25, -0.2) is 0 Å². The van der Waals surface area contributed by atoms with E-state index in [1.165, 1.54) is 0 Å². The number of rotatable bonds is 7. The molecule has 0 fully saturated rings. The van der Waals surface area contributed by atoms with Crippen LogP contribution in [0.3, 0.4) is 0 Å². The fraction of sp³-hybridized carbons (Fsp3) is 0.900. The summed E-state index contributed by atoms with van der Waals surface area (Å²) in [7, 11) is 3.54. The van der Waals surface area contributed by atoms with Crippen LogP contribution in [0, 0.1) is 0 Å². The quantitative estimate of drug-likeness (QED) is 0.611. The number of hydrogen-bond donors (Lipinski definition) is 1. The average Bonchev–Trinajstić information content (AvgIpc) is 2.09. The van der Waals surface area contributed by atoms with Crippen molar-refractivity contribution in [2.45, 2.75) is 26.4 Å². The third kappa shape index (κ3) is 8.01. The highest BCUT2D eigenvalue weighted by atomic mass is 16.5. The molecule has 0 radical (unpaired) electrons. The molecule has 1 amide bonds. The van der Waals surface area contributed by atoms with Gasteiger partial charge in [0.1, 0.15) is 0 Å². The van der Waals surface area contributed by atoms with Gasteiger partial charge >= 0.3 is 0 Å². The molecule has 84 valence electrons. The van der Waals surface area contributed by atoms with E-state index in [0.29, 0.717) is 13.0 Å². The van der Waals surface area contributed by atoms with Crippen LogP contribution in [0.15, 0.2) is 0 Å². The minimum Gasteiger partial charge on any atom is -0.377 e. The Labute approximate surface area is 86.6 Å². The molecule has 0 spiro atoms. The molecule has 0 aliphatic rings. The van der Waals surface area contributed by atoms with Gasteiger partial charge in [0, 0.05) is 33.6 Å². The molecule has 0 saturated heterocycles. The first-order chi connectivity index (χ1) is 6.54. The van der Waals surface area contributed by atoms with E-state index < -0.39 is 0 Å². The summed E-state index contributed by atoms with van der Waals surface area (Å²) < 4.78 is 5.34. The van der Waals surface area contributed by atoms with Gasteiger partial charge < -0.3 is 15.0 Å². The van der Waals surface area contributed by atoms with Crippen molar-refractivity contribution in [3.63, 3.8) is 0 Å². The lowest BCUT2D eigenvalue weighted by molar-refractivity contribution is -0.128. The monoisotopic (exact) mass is 202 g/mol. The van der Waals surface area contributed by atoms with Crippen LogP contribution in [0.25, 0.3) is 0 Å². The first kappa shape index (κ1) is 13.4. The van der Waals surface area contributed by atoms with Gasteiger partial charge in [-0.15, -0.1) is 0 Å². The van der Waals surface area contributed by atoms with Crippen molar-refractivity contribution in [1.82, 2.24) is 10.2 Å². The Kier molecular flexibility index (Phi) is 7.42. The molecule has 0 unspecified atom stereocenters. The molecular weight excluding hydrogens is 180 g/mol. The van der Waals surface area contributed by atoms with Crippen LogP contribution in [-0.4, -0.2) is 50.7 Å². The number of hydrogen-bond acceptors (Lipinski definition) is 3. The lowest BCUT2D eigenvalue weighted by atomic mass is 10.4. The van der Waals surface area contributed by atoms with E-state index in [1.54, 1.807) is 19.0 Å². The van der Waals surface area contributed by atoms with Crippen molar-refractivity contribution in [1.29, 1.82) is 0 Å². The van der Waals surface area contributed by atoms with Gasteiger partial charge in [0.15, 0.2) is 0 Å². The van der Waals surface area contributed by atoms with Crippen molar-refractivity contribution in [3.8, 4) is 0 Å². The molecular formula is C10H22N2O2. The van der Waals surface area contributed by atoms with Crippen LogP contribution in [0.4, 0.5) is 0 Å². The fourth-order valence-electron chi connectivity index (χ4n) is 0.911. The zero-order chi connectivity index (χ0) is 11.0. The molecule has 0 heterocycles. The molecule has 0 aromatic rings. The third-order valence-corrected chi connectivity index (χ3v) is 1.74. The fourth-order valence-corrected chi connectivity index (χ4v) is 0.911. The summed E-state index contributed by atoms with van der Waals surface area (Å²) in [6.07, 6.45) is 0.828. The predicted molar refractivity (Wildman–Crippen MR) is 57.3 cm³/mol. The number of carbonyl (C=O) groups excluding carboxylic acids is 1. The summed E-state index contributed by atoms with van der Waals surface area (Å²) in [5.74, 6) is 0.155. The highest BCUT2D eigenvalue weighted by Gasteiger charge is 2.01. The van der Waals surface area contributed by atoms with E-state index in [-0.39, 0.29) is 12.0 Å². The highest BCUT2D eigenvalue weighted by molar-refractivity contribution is 5.75. The largest absolute Gasteiger partial charge is 0.377 e. The molecule has 0 aromatic heterocycles. The topological polar surface area (TPSA) is 41.6 Å². The standard InChI is InChI=1S/C10H22N2O2/c1-9(2)14-8-7-11-6-5-10(13)12(3)4/h9,11H,5-8H2,1-4H3. The van der Waals surface area contributed by atoms with Gasteiger partial charge in [-0.3, -0.25) is 4.79 Å². The van der Waals surface area contributed by atoms with E-state index in [0.717, 1.165) is 13.1 Å². The Bertz CT molecular complexity index is 158. The second-order valence-electron chi connectivity index (χ2n) is 3.71. The SMILES string of the molecule is CC(C)OCCNCCC(=O)N(C)C. The number of amides is 1. The second-order valence-corrected chi connectivity index (χ2v) is 3.71. The van der Waals surface area contributed by atoms with Gasteiger partial charge in [-0.1, -0.05) is 0 Å². The summed E-state index contributed by atoms with van der Waals surface area (Å²) in [6, 6.07) is 0. The van der Waals surface area contributed by atoms with Crippen molar-refractivity contribution in [3.05, 3.63) is 0 Å². The maximum Gasteiger partial charge on any atom is 0.223 e. The number of carbonyl (C=O) groups is 1.